The zero-order valence-corrected chi connectivity index (χ0v) is 30.9. The SMILES string of the molecule is O=C1CCN(c2cncc(CN3C[C@H]4C[C@@H]3CN4c3ccc(-c4cc(F)c5c(c4)C(=O)N(C(C(=O)Nc4nccs4)c4ncn6c4CCC6)C5)cc3)n2)C(=O)N1. The Hall–Kier alpha value is -6.07. The number of rotatable bonds is 9. The fraction of sp³-hybridized carbons (Fsp3) is 0.333. The molecule has 2 N–H and O–H groups in total. The first-order valence-electron chi connectivity index (χ1n) is 18.7. The molecule has 17 heteroatoms. The molecule has 0 saturated carbocycles. The van der Waals surface area contributed by atoms with Crippen LogP contribution in [-0.2, 0) is 35.6 Å². The lowest BCUT2D eigenvalue weighted by Crippen LogP contribution is -2.50. The normalized spacial score (nSPS) is 20.8. The van der Waals surface area contributed by atoms with Crippen molar-refractivity contribution < 1.29 is 23.6 Å². The third kappa shape index (κ3) is 5.97. The lowest BCUT2D eigenvalue weighted by Gasteiger charge is -2.35. The molecule has 5 aliphatic rings. The molecule has 0 spiro atoms. The van der Waals surface area contributed by atoms with Crippen LogP contribution in [0.5, 0.6) is 0 Å². The number of imidazole rings is 1. The van der Waals surface area contributed by atoms with Crippen LogP contribution in [0.3, 0.4) is 0 Å². The first-order valence-corrected chi connectivity index (χ1v) is 19.6. The van der Waals surface area contributed by atoms with Gasteiger partial charge < -0.3 is 14.4 Å². The Morgan fingerprint density at radius 2 is 1.89 bits per heavy atom. The van der Waals surface area contributed by atoms with Gasteiger partial charge in [-0.15, -0.1) is 11.3 Å². The Kier molecular flexibility index (Phi) is 8.36. The van der Waals surface area contributed by atoms with Crippen molar-refractivity contribution in [2.75, 3.05) is 34.8 Å². The van der Waals surface area contributed by atoms with Crippen molar-refractivity contribution in [3.05, 3.63) is 101 Å². The maximum absolute atomic E-state index is 15.9. The molecule has 5 aliphatic heterocycles. The van der Waals surface area contributed by atoms with Crippen molar-refractivity contribution in [1.82, 2.24) is 39.6 Å². The fourth-order valence-corrected chi connectivity index (χ4v) is 9.39. The van der Waals surface area contributed by atoms with Gasteiger partial charge in [0, 0.05) is 91.5 Å². The molecule has 3 aromatic heterocycles. The molecule has 10 rings (SSSR count). The number of imide groups is 1. The van der Waals surface area contributed by atoms with Crippen LogP contribution in [0.2, 0.25) is 0 Å². The number of hydrogen-bond acceptors (Lipinski definition) is 11. The summed E-state index contributed by atoms with van der Waals surface area (Å²) in [7, 11) is 0. The Labute approximate surface area is 324 Å². The van der Waals surface area contributed by atoms with Crippen molar-refractivity contribution in [1.29, 1.82) is 0 Å². The summed E-state index contributed by atoms with van der Waals surface area (Å²) in [5.41, 5.74) is 5.13. The molecule has 8 heterocycles. The minimum Gasteiger partial charge on any atom is -0.366 e. The number of fused-ring (bicyclic) bond motifs is 4. The van der Waals surface area contributed by atoms with E-state index in [9.17, 15) is 19.2 Å². The van der Waals surface area contributed by atoms with Gasteiger partial charge in [-0.3, -0.25) is 39.8 Å². The summed E-state index contributed by atoms with van der Waals surface area (Å²) in [6.45, 7) is 3.30. The monoisotopic (exact) mass is 773 g/mol. The van der Waals surface area contributed by atoms with E-state index in [0.717, 1.165) is 61.5 Å². The summed E-state index contributed by atoms with van der Waals surface area (Å²) >= 11 is 1.28. The molecule has 284 valence electrons. The number of amides is 5. The molecule has 5 amide bonds. The van der Waals surface area contributed by atoms with Crippen molar-refractivity contribution in [2.24, 2.45) is 0 Å². The summed E-state index contributed by atoms with van der Waals surface area (Å²) in [5, 5.41) is 7.35. The smallest absolute Gasteiger partial charge is 0.329 e. The van der Waals surface area contributed by atoms with Crippen LogP contribution in [0.15, 0.2) is 66.7 Å². The lowest BCUT2D eigenvalue weighted by molar-refractivity contribution is -0.121. The van der Waals surface area contributed by atoms with Gasteiger partial charge in [-0.25, -0.2) is 24.1 Å². The number of thiazole rings is 1. The average molecular weight is 774 g/mol. The molecular formula is C39H36FN11O4S. The second-order valence-corrected chi connectivity index (χ2v) is 15.7. The highest BCUT2D eigenvalue weighted by atomic mass is 32.1. The molecule has 5 aromatic rings. The summed E-state index contributed by atoms with van der Waals surface area (Å²) < 4.78 is 17.9. The van der Waals surface area contributed by atoms with Crippen molar-refractivity contribution in [3.63, 3.8) is 0 Å². The molecule has 2 bridgehead atoms. The summed E-state index contributed by atoms with van der Waals surface area (Å²) in [4.78, 5) is 77.3. The van der Waals surface area contributed by atoms with Gasteiger partial charge in [0.15, 0.2) is 17.0 Å². The zero-order valence-electron chi connectivity index (χ0n) is 30.1. The number of nitrogens with one attached hydrogen (secondary N) is 2. The molecule has 56 heavy (non-hydrogen) atoms. The maximum Gasteiger partial charge on any atom is 0.329 e. The third-order valence-electron chi connectivity index (χ3n) is 11.5. The predicted molar refractivity (Wildman–Crippen MR) is 203 cm³/mol. The first-order chi connectivity index (χ1) is 27.3. The van der Waals surface area contributed by atoms with E-state index < -0.39 is 29.7 Å². The van der Waals surface area contributed by atoms with Gasteiger partial charge in [-0.05, 0) is 54.7 Å². The second-order valence-electron chi connectivity index (χ2n) is 14.8. The molecule has 3 atom stereocenters. The van der Waals surface area contributed by atoms with Gasteiger partial charge in [0.1, 0.15) is 5.82 Å². The van der Waals surface area contributed by atoms with E-state index in [4.69, 9.17) is 0 Å². The lowest BCUT2D eigenvalue weighted by atomic mass is 9.99. The largest absolute Gasteiger partial charge is 0.366 e. The number of halogens is 1. The van der Waals surface area contributed by atoms with Crippen LogP contribution in [-0.4, -0.2) is 89.8 Å². The summed E-state index contributed by atoms with van der Waals surface area (Å²) in [5.74, 6) is -1.21. The van der Waals surface area contributed by atoms with Crippen LogP contribution >= 0.6 is 11.3 Å². The van der Waals surface area contributed by atoms with Crippen molar-refractivity contribution >= 4 is 51.7 Å². The molecule has 3 saturated heterocycles. The number of benzene rings is 2. The van der Waals surface area contributed by atoms with Crippen LogP contribution in [0.25, 0.3) is 11.1 Å². The number of nitrogens with zero attached hydrogens (tertiary/aromatic N) is 9. The number of anilines is 3. The standard InChI is InChI=1S/C39H36FN11O4S/c40-30-13-23(12-28-29(30)20-51(37(28)54)35(36(53)46-38-42-8-11-56-38)34-31-2-1-9-47(31)21-43-34)22-3-5-25(6-4-22)50-19-26-14-27(50)18-48(26)17-24-15-41-16-32(44-24)49-10-7-33(52)45-39(49)55/h3-6,8,11-13,15-16,21,26-27,35H,1-2,7,9-10,14,17-20H2,(H,42,46,53)(H,45,52,55)/t26-,27-,35?/m1/s1. The van der Waals surface area contributed by atoms with E-state index in [1.807, 2.05) is 28.8 Å². The minimum atomic E-state index is -1.05. The Balaban J connectivity index is 0.832. The van der Waals surface area contributed by atoms with Gasteiger partial charge in [0.25, 0.3) is 11.8 Å². The molecule has 3 fully saturated rings. The van der Waals surface area contributed by atoms with E-state index in [1.165, 1.54) is 27.2 Å². The van der Waals surface area contributed by atoms with Gasteiger partial charge in [0.05, 0.1) is 30.5 Å². The van der Waals surface area contributed by atoms with Gasteiger partial charge in [-0.2, -0.15) is 0 Å². The maximum atomic E-state index is 15.9. The van der Waals surface area contributed by atoms with E-state index >= 15 is 4.39 Å². The highest BCUT2D eigenvalue weighted by molar-refractivity contribution is 7.13. The summed E-state index contributed by atoms with van der Waals surface area (Å²) in [6.07, 6.45) is 9.46. The molecule has 1 unspecified atom stereocenters. The van der Waals surface area contributed by atoms with E-state index in [0.29, 0.717) is 40.8 Å². The number of aromatic nitrogens is 5. The molecule has 0 radical (unpaired) electrons. The fourth-order valence-electron chi connectivity index (χ4n) is 8.86. The topological polar surface area (TPSA) is 162 Å². The molecular weight excluding hydrogens is 738 g/mol. The Bertz CT molecular complexity index is 2400. The number of urea groups is 1. The van der Waals surface area contributed by atoms with Gasteiger partial charge in [0.2, 0.25) is 5.91 Å². The minimum absolute atomic E-state index is 0.0498. The van der Waals surface area contributed by atoms with Crippen LogP contribution in [0.4, 0.5) is 25.8 Å². The molecule has 15 nitrogen and oxygen atoms in total. The Morgan fingerprint density at radius 1 is 1.02 bits per heavy atom. The number of piperazine rings is 1. The van der Waals surface area contributed by atoms with E-state index in [2.05, 4.69) is 40.4 Å². The van der Waals surface area contributed by atoms with Crippen molar-refractivity contribution in [3.8, 4) is 11.1 Å². The third-order valence-corrected chi connectivity index (χ3v) is 12.2. The highest BCUT2D eigenvalue weighted by Crippen LogP contribution is 2.39. The van der Waals surface area contributed by atoms with Gasteiger partial charge >= 0.3 is 6.03 Å². The Morgan fingerprint density at radius 3 is 2.68 bits per heavy atom. The van der Waals surface area contributed by atoms with Gasteiger partial charge in [-0.1, -0.05) is 12.1 Å². The zero-order chi connectivity index (χ0) is 38.1. The number of likely N-dealkylation sites (tertiary alicyclic amines) is 1. The quantitative estimate of drug-likeness (QED) is 0.223. The predicted octanol–water partition coefficient (Wildman–Crippen LogP) is 4.13. The van der Waals surface area contributed by atoms with Crippen LogP contribution in [0.1, 0.15) is 58.3 Å². The van der Waals surface area contributed by atoms with E-state index in [-0.39, 0.29) is 36.5 Å². The van der Waals surface area contributed by atoms with Crippen LogP contribution < -0.4 is 20.4 Å². The average Bonchev–Trinajstić information content (AvgIpc) is 4.06. The highest BCUT2D eigenvalue weighted by Gasteiger charge is 2.44. The van der Waals surface area contributed by atoms with E-state index in [1.54, 1.807) is 36.4 Å². The number of carbonyl (C=O) groups excluding carboxylic acids is 4. The second kappa shape index (κ2) is 13.6. The molecule has 2 aromatic carbocycles. The number of aryl methyl sites for hydroxylation is 1. The summed E-state index contributed by atoms with van der Waals surface area (Å²) in [6, 6.07) is 10.3. The van der Waals surface area contributed by atoms with Crippen molar-refractivity contribution in [2.45, 2.75) is 63.4 Å². The number of hydrogen-bond donors (Lipinski definition) is 2. The number of carbonyl (C=O) groups is 4. The van der Waals surface area contributed by atoms with Crippen LogP contribution in [0, 0.1) is 5.82 Å². The first kappa shape index (κ1) is 34.4. The molecule has 0 aliphatic carbocycles.